The third-order valence-electron chi connectivity index (χ3n) is 4.12. The number of hydrogen-bond donors (Lipinski definition) is 1. The van der Waals surface area contributed by atoms with Crippen molar-refractivity contribution in [2.24, 2.45) is 0 Å². The smallest absolute Gasteiger partial charge is 0.134 e. The largest absolute Gasteiger partial charge is 0.340 e. The van der Waals surface area contributed by atoms with E-state index in [1.54, 1.807) is 6.20 Å². The molecule has 5 heteroatoms. The molecule has 0 spiro atoms. The van der Waals surface area contributed by atoms with Crippen molar-refractivity contribution in [3.63, 3.8) is 0 Å². The Bertz CT molecular complexity index is 894. The molecule has 4 rings (SSSR count). The summed E-state index contributed by atoms with van der Waals surface area (Å²) in [5.41, 5.74) is 1.98. The van der Waals surface area contributed by atoms with Crippen molar-refractivity contribution >= 4 is 22.3 Å². The van der Waals surface area contributed by atoms with Crippen molar-refractivity contribution < 1.29 is 4.21 Å². The van der Waals surface area contributed by atoms with Gasteiger partial charge >= 0.3 is 0 Å². The Hall–Kier alpha value is -2.53. The molecule has 1 aliphatic rings. The molecule has 0 bridgehead atoms. The highest BCUT2D eigenvalue weighted by Crippen LogP contribution is 2.38. The molecular formula is C20H19N3OS. The lowest BCUT2D eigenvalue weighted by Crippen LogP contribution is -2.00. The Kier molecular flexibility index (Phi) is 4.57. The van der Waals surface area contributed by atoms with Gasteiger partial charge in [-0.05, 0) is 48.7 Å². The number of nitrogens with one attached hydrogen (secondary N) is 1. The lowest BCUT2D eigenvalue weighted by atomic mass is 10.2. The van der Waals surface area contributed by atoms with Crippen LogP contribution in [0, 0.1) is 0 Å². The van der Waals surface area contributed by atoms with Gasteiger partial charge in [0.15, 0.2) is 0 Å². The zero-order chi connectivity index (χ0) is 17.1. The van der Waals surface area contributed by atoms with Crippen LogP contribution in [0.4, 0.5) is 11.5 Å². The van der Waals surface area contributed by atoms with E-state index in [1.165, 1.54) is 12.8 Å². The summed E-state index contributed by atoms with van der Waals surface area (Å²) in [6.07, 6.45) is 4.17. The summed E-state index contributed by atoms with van der Waals surface area (Å²) in [6.45, 7) is 0. The first-order valence-corrected chi connectivity index (χ1v) is 9.72. The quantitative estimate of drug-likeness (QED) is 0.716. The van der Waals surface area contributed by atoms with Gasteiger partial charge in [0, 0.05) is 22.7 Å². The third-order valence-corrected chi connectivity index (χ3v) is 5.51. The number of anilines is 2. The fourth-order valence-corrected chi connectivity index (χ4v) is 3.79. The second-order valence-corrected chi connectivity index (χ2v) is 7.65. The standard InChI is InChI=1S/C20H19N3OS/c24-25(18-7-2-1-3-8-18)14-15-5-4-6-17(13-15)22-19-11-12-21-20(23-19)16-9-10-16/h1-8,11-13,16H,9-10,14H2,(H,21,22,23). The van der Waals surface area contributed by atoms with Crippen LogP contribution in [0.1, 0.15) is 30.1 Å². The van der Waals surface area contributed by atoms with Crippen LogP contribution in [0.5, 0.6) is 0 Å². The SMILES string of the molecule is O=S(Cc1cccc(Nc2ccnc(C3CC3)n2)c1)c1ccccc1. The maximum Gasteiger partial charge on any atom is 0.134 e. The van der Waals surface area contributed by atoms with Gasteiger partial charge in [-0.25, -0.2) is 9.97 Å². The summed E-state index contributed by atoms with van der Waals surface area (Å²) in [4.78, 5) is 9.78. The van der Waals surface area contributed by atoms with Gasteiger partial charge in [-0.15, -0.1) is 0 Å². The monoisotopic (exact) mass is 349 g/mol. The minimum Gasteiger partial charge on any atom is -0.340 e. The zero-order valence-electron chi connectivity index (χ0n) is 13.8. The molecule has 1 unspecified atom stereocenters. The molecule has 1 aromatic heterocycles. The van der Waals surface area contributed by atoms with Crippen molar-refractivity contribution in [3.05, 3.63) is 78.2 Å². The average Bonchev–Trinajstić information content (AvgIpc) is 3.48. The maximum absolute atomic E-state index is 12.5. The van der Waals surface area contributed by atoms with E-state index in [1.807, 2.05) is 60.7 Å². The lowest BCUT2D eigenvalue weighted by molar-refractivity contribution is 0.682. The summed E-state index contributed by atoms with van der Waals surface area (Å²) in [5.74, 6) is 2.75. The van der Waals surface area contributed by atoms with E-state index in [4.69, 9.17) is 0 Å². The van der Waals surface area contributed by atoms with Crippen LogP contribution in [-0.4, -0.2) is 14.2 Å². The molecule has 0 radical (unpaired) electrons. The number of rotatable bonds is 6. The summed E-state index contributed by atoms with van der Waals surface area (Å²) >= 11 is 0. The van der Waals surface area contributed by atoms with Crippen LogP contribution in [0.2, 0.25) is 0 Å². The van der Waals surface area contributed by atoms with Crippen LogP contribution in [0.3, 0.4) is 0 Å². The van der Waals surface area contributed by atoms with Crippen LogP contribution in [0.15, 0.2) is 71.8 Å². The third kappa shape index (κ3) is 4.12. The molecule has 1 heterocycles. The summed E-state index contributed by atoms with van der Waals surface area (Å²) < 4.78 is 12.5. The molecule has 1 fully saturated rings. The van der Waals surface area contributed by atoms with Crippen molar-refractivity contribution in [2.75, 3.05) is 5.32 Å². The molecule has 0 aliphatic heterocycles. The summed E-state index contributed by atoms with van der Waals surface area (Å²) in [5, 5.41) is 3.33. The van der Waals surface area contributed by atoms with Gasteiger partial charge in [-0.2, -0.15) is 0 Å². The molecule has 0 amide bonds. The highest BCUT2D eigenvalue weighted by Gasteiger charge is 2.26. The molecule has 1 aliphatic carbocycles. The highest BCUT2D eigenvalue weighted by atomic mass is 32.2. The fraction of sp³-hybridized carbons (Fsp3) is 0.200. The number of hydrogen-bond acceptors (Lipinski definition) is 4. The summed E-state index contributed by atoms with van der Waals surface area (Å²) in [6, 6.07) is 19.4. The van der Waals surface area contributed by atoms with E-state index in [0.717, 1.165) is 27.8 Å². The van der Waals surface area contributed by atoms with E-state index in [9.17, 15) is 4.21 Å². The second kappa shape index (κ2) is 7.15. The Morgan fingerprint density at radius 2 is 1.88 bits per heavy atom. The second-order valence-electron chi connectivity index (χ2n) is 6.20. The molecule has 1 atom stereocenters. The number of benzene rings is 2. The molecule has 2 aromatic carbocycles. The van der Waals surface area contributed by atoms with Gasteiger partial charge in [0.25, 0.3) is 0 Å². The van der Waals surface area contributed by atoms with E-state index in [0.29, 0.717) is 11.7 Å². The summed E-state index contributed by atoms with van der Waals surface area (Å²) in [7, 11) is -1.04. The Labute approximate surface area is 149 Å². The first-order valence-electron chi connectivity index (χ1n) is 8.40. The number of aromatic nitrogens is 2. The van der Waals surface area contributed by atoms with Gasteiger partial charge in [-0.1, -0.05) is 30.3 Å². The van der Waals surface area contributed by atoms with Gasteiger partial charge in [0.05, 0.1) is 16.6 Å². The normalized spacial score (nSPS) is 14.9. The number of nitrogens with zero attached hydrogens (tertiary/aromatic N) is 2. The molecule has 4 nitrogen and oxygen atoms in total. The van der Waals surface area contributed by atoms with Crippen LogP contribution >= 0.6 is 0 Å². The lowest BCUT2D eigenvalue weighted by Gasteiger charge is -2.09. The van der Waals surface area contributed by atoms with Gasteiger partial charge < -0.3 is 5.32 Å². The van der Waals surface area contributed by atoms with Crippen molar-refractivity contribution in [2.45, 2.75) is 29.4 Å². The Morgan fingerprint density at radius 3 is 2.68 bits per heavy atom. The van der Waals surface area contributed by atoms with Crippen LogP contribution < -0.4 is 5.32 Å². The molecule has 1 N–H and O–H groups in total. The van der Waals surface area contributed by atoms with Gasteiger partial charge in [0.1, 0.15) is 11.6 Å². The molecule has 25 heavy (non-hydrogen) atoms. The van der Waals surface area contributed by atoms with E-state index >= 15 is 0 Å². The minimum atomic E-state index is -1.04. The van der Waals surface area contributed by atoms with Gasteiger partial charge in [-0.3, -0.25) is 4.21 Å². The Balaban J connectivity index is 1.48. The molecule has 1 saturated carbocycles. The van der Waals surface area contributed by atoms with Crippen molar-refractivity contribution in [1.82, 2.24) is 9.97 Å². The van der Waals surface area contributed by atoms with E-state index in [-0.39, 0.29) is 0 Å². The van der Waals surface area contributed by atoms with Crippen LogP contribution in [0.25, 0.3) is 0 Å². The highest BCUT2D eigenvalue weighted by molar-refractivity contribution is 7.84. The predicted molar refractivity (Wildman–Crippen MR) is 100 cm³/mol. The zero-order valence-corrected chi connectivity index (χ0v) is 14.6. The first-order chi connectivity index (χ1) is 12.3. The maximum atomic E-state index is 12.5. The van der Waals surface area contributed by atoms with Gasteiger partial charge in [0.2, 0.25) is 0 Å². The molecule has 3 aromatic rings. The van der Waals surface area contributed by atoms with Crippen molar-refractivity contribution in [1.29, 1.82) is 0 Å². The topological polar surface area (TPSA) is 54.9 Å². The molecular weight excluding hydrogens is 330 g/mol. The minimum absolute atomic E-state index is 0.497. The fourth-order valence-electron chi connectivity index (χ4n) is 2.68. The average molecular weight is 349 g/mol. The van der Waals surface area contributed by atoms with E-state index < -0.39 is 10.8 Å². The molecule has 126 valence electrons. The first kappa shape index (κ1) is 16.0. The van der Waals surface area contributed by atoms with Crippen LogP contribution in [-0.2, 0) is 16.6 Å². The predicted octanol–water partition coefficient (Wildman–Crippen LogP) is 4.41. The van der Waals surface area contributed by atoms with E-state index in [2.05, 4.69) is 15.3 Å². The van der Waals surface area contributed by atoms with Crippen molar-refractivity contribution in [3.8, 4) is 0 Å². The Morgan fingerprint density at radius 1 is 1.04 bits per heavy atom. The molecule has 0 saturated heterocycles.